The van der Waals surface area contributed by atoms with E-state index in [1.165, 1.54) is 5.56 Å². The quantitative estimate of drug-likeness (QED) is 0.610. The normalized spacial score (nSPS) is 13.5. The molecule has 1 aromatic rings. The second kappa shape index (κ2) is 3.51. The summed E-state index contributed by atoms with van der Waals surface area (Å²) in [4.78, 5) is 16.3. The maximum Gasteiger partial charge on any atom is 0.307 e. The van der Waals surface area contributed by atoms with Crippen LogP contribution in [0.3, 0.4) is 0 Å². The molecule has 1 amide bonds. The fourth-order valence-electron chi connectivity index (χ4n) is 1.75. The van der Waals surface area contributed by atoms with Crippen LogP contribution in [0.15, 0.2) is 24.3 Å². The van der Waals surface area contributed by atoms with E-state index >= 15 is 0 Å². The third-order valence-electron chi connectivity index (χ3n) is 2.40. The molecule has 14 heavy (non-hydrogen) atoms. The van der Waals surface area contributed by atoms with Crippen LogP contribution in [0.2, 0.25) is 0 Å². The molecule has 0 N–H and O–H groups in total. The predicted molar refractivity (Wildman–Crippen MR) is 54.0 cm³/mol. The molecular weight excluding hydrogens is 176 g/mol. The molecule has 0 spiro atoms. The largest absolute Gasteiger partial charge is 0.307 e. The van der Waals surface area contributed by atoms with E-state index < -0.39 is 0 Å². The molecule has 70 valence electrons. The molecule has 0 unspecified atom stereocenters. The average molecular weight is 186 g/mol. The van der Waals surface area contributed by atoms with Crippen LogP contribution in [0.1, 0.15) is 5.56 Å². The van der Waals surface area contributed by atoms with E-state index in [4.69, 9.17) is 6.57 Å². The monoisotopic (exact) mass is 186 g/mol. The summed E-state index contributed by atoms with van der Waals surface area (Å²) in [6, 6.07) is 7.86. The van der Waals surface area contributed by atoms with Crippen LogP contribution in [-0.4, -0.2) is 19.0 Å². The zero-order valence-corrected chi connectivity index (χ0v) is 7.73. The topological polar surface area (TPSA) is 24.7 Å². The number of carbonyl (C=O) groups is 1. The molecule has 1 aliphatic rings. The smallest absolute Gasteiger partial charge is 0.306 e. The summed E-state index contributed by atoms with van der Waals surface area (Å²) in [7, 11) is 0. The molecular formula is C11H10N2O. The van der Waals surface area contributed by atoms with Gasteiger partial charge in [-0.1, -0.05) is 18.2 Å². The summed E-state index contributed by atoms with van der Waals surface area (Å²) in [6.45, 7) is 7.33. The lowest BCUT2D eigenvalue weighted by Gasteiger charge is -2.13. The van der Waals surface area contributed by atoms with Crippen molar-refractivity contribution in [2.75, 3.05) is 18.0 Å². The molecule has 0 atom stereocenters. The molecule has 1 aliphatic heterocycles. The van der Waals surface area contributed by atoms with E-state index in [1.54, 1.807) is 4.90 Å². The van der Waals surface area contributed by atoms with Gasteiger partial charge in [0, 0.05) is 12.2 Å². The van der Waals surface area contributed by atoms with Crippen molar-refractivity contribution in [2.24, 2.45) is 0 Å². The first kappa shape index (κ1) is 8.76. The molecule has 3 heteroatoms. The Morgan fingerprint density at radius 2 is 2.29 bits per heavy atom. The molecule has 0 aliphatic carbocycles. The Hall–Kier alpha value is -1.82. The number of hydrogen-bond acceptors (Lipinski definition) is 1. The Bertz CT molecular complexity index is 406. The van der Waals surface area contributed by atoms with Crippen LogP contribution < -0.4 is 4.90 Å². The minimum absolute atomic E-state index is 0.0473. The van der Waals surface area contributed by atoms with E-state index in [-0.39, 0.29) is 12.5 Å². The summed E-state index contributed by atoms with van der Waals surface area (Å²) in [5.41, 5.74) is 2.17. The van der Waals surface area contributed by atoms with Gasteiger partial charge in [-0.15, -0.1) is 0 Å². The Labute approximate surface area is 82.8 Å². The number of anilines is 1. The van der Waals surface area contributed by atoms with E-state index in [2.05, 4.69) is 4.85 Å². The minimum Gasteiger partial charge on any atom is -0.306 e. The molecule has 0 fully saturated rings. The summed E-state index contributed by atoms with van der Waals surface area (Å²) >= 11 is 0. The zero-order chi connectivity index (χ0) is 9.97. The number of carbonyl (C=O) groups excluding carboxylic acids is 1. The highest BCUT2D eigenvalue weighted by Crippen LogP contribution is 2.27. The number of nitrogens with zero attached hydrogens (tertiary/aromatic N) is 2. The van der Waals surface area contributed by atoms with Gasteiger partial charge in [0.15, 0.2) is 0 Å². The van der Waals surface area contributed by atoms with Crippen molar-refractivity contribution in [2.45, 2.75) is 6.42 Å². The van der Waals surface area contributed by atoms with E-state index in [1.807, 2.05) is 24.3 Å². The molecule has 0 saturated carbocycles. The molecule has 1 heterocycles. The van der Waals surface area contributed by atoms with Gasteiger partial charge in [-0.05, 0) is 18.1 Å². The zero-order valence-electron chi connectivity index (χ0n) is 7.73. The second-order valence-corrected chi connectivity index (χ2v) is 3.24. The van der Waals surface area contributed by atoms with Crippen LogP contribution >= 0.6 is 0 Å². The Morgan fingerprint density at radius 1 is 1.50 bits per heavy atom. The number of rotatable bonds is 1. The average Bonchev–Trinajstić information content (AvgIpc) is 2.61. The van der Waals surface area contributed by atoms with Crippen LogP contribution in [-0.2, 0) is 11.2 Å². The van der Waals surface area contributed by atoms with Crippen molar-refractivity contribution in [1.82, 2.24) is 0 Å². The first-order valence-electron chi connectivity index (χ1n) is 4.54. The van der Waals surface area contributed by atoms with Crippen LogP contribution in [0.25, 0.3) is 4.85 Å². The first-order chi connectivity index (χ1) is 6.83. The predicted octanol–water partition coefficient (Wildman–Crippen LogP) is 1.49. The van der Waals surface area contributed by atoms with E-state index in [0.717, 1.165) is 12.1 Å². The van der Waals surface area contributed by atoms with Crippen molar-refractivity contribution >= 4 is 11.6 Å². The van der Waals surface area contributed by atoms with Crippen LogP contribution in [0.5, 0.6) is 0 Å². The van der Waals surface area contributed by atoms with E-state index in [9.17, 15) is 4.79 Å². The van der Waals surface area contributed by atoms with Gasteiger partial charge in [-0.3, -0.25) is 4.79 Å². The van der Waals surface area contributed by atoms with Crippen molar-refractivity contribution in [1.29, 1.82) is 0 Å². The minimum atomic E-state index is -0.0926. The van der Waals surface area contributed by atoms with Crippen LogP contribution in [0, 0.1) is 6.57 Å². The van der Waals surface area contributed by atoms with Gasteiger partial charge in [0.25, 0.3) is 6.54 Å². The molecule has 3 nitrogen and oxygen atoms in total. The van der Waals surface area contributed by atoms with Crippen molar-refractivity contribution in [3.8, 4) is 0 Å². The van der Waals surface area contributed by atoms with Gasteiger partial charge in [-0.2, -0.15) is 0 Å². The number of benzene rings is 1. The van der Waals surface area contributed by atoms with Crippen LogP contribution in [0.4, 0.5) is 5.69 Å². The van der Waals surface area contributed by atoms with Gasteiger partial charge in [0.2, 0.25) is 0 Å². The first-order valence-corrected chi connectivity index (χ1v) is 4.54. The number of para-hydroxylation sites is 1. The maximum absolute atomic E-state index is 11.5. The molecule has 0 saturated heterocycles. The van der Waals surface area contributed by atoms with E-state index in [0.29, 0.717) is 6.54 Å². The maximum atomic E-state index is 11.5. The SMILES string of the molecule is [C-]#[N+]CC(=O)N1CCc2ccccc21. The van der Waals surface area contributed by atoms with Crippen molar-refractivity contribution in [3.05, 3.63) is 41.2 Å². The molecule has 0 aromatic heterocycles. The molecule has 0 radical (unpaired) electrons. The summed E-state index contributed by atoms with van der Waals surface area (Å²) in [6.07, 6.45) is 0.903. The van der Waals surface area contributed by atoms with Gasteiger partial charge in [0.1, 0.15) is 0 Å². The van der Waals surface area contributed by atoms with Gasteiger partial charge >= 0.3 is 5.91 Å². The van der Waals surface area contributed by atoms with Crippen molar-refractivity contribution < 1.29 is 4.79 Å². The fraction of sp³-hybridized carbons (Fsp3) is 0.273. The lowest BCUT2D eigenvalue weighted by atomic mass is 10.2. The third-order valence-corrected chi connectivity index (χ3v) is 2.40. The lowest BCUT2D eigenvalue weighted by Crippen LogP contribution is -2.30. The van der Waals surface area contributed by atoms with Gasteiger partial charge < -0.3 is 9.74 Å². The fourth-order valence-corrected chi connectivity index (χ4v) is 1.75. The standard InChI is InChI=1S/C11H10N2O/c1-12-8-11(14)13-7-6-9-4-2-3-5-10(9)13/h2-5H,6-8H2. The van der Waals surface area contributed by atoms with Crippen molar-refractivity contribution in [3.63, 3.8) is 0 Å². The highest BCUT2D eigenvalue weighted by atomic mass is 16.2. The second-order valence-electron chi connectivity index (χ2n) is 3.24. The van der Waals surface area contributed by atoms with Gasteiger partial charge in [-0.25, -0.2) is 6.57 Å². The molecule has 2 rings (SSSR count). The summed E-state index contributed by atoms with van der Waals surface area (Å²) in [5, 5.41) is 0. The highest BCUT2D eigenvalue weighted by Gasteiger charge is 2.25. The number of hydrogen-bond donors (Lipinski definition) is 0. The summed E-state index contributed by atoms with van der Waals surface area (Å²) in [5.74, 6) is -0.0926. The Morgan fingerprint density at radius 3 is 3.07 bits per heavy atom. The number of amides is 1. The van der Waals surface area contributed by atoms with Gasteiger partial charge in [0.05, 0.1) is 0 Å². The third kappa shape index (κ3) is 1.35. The summed E-state index contributed by atoms with van der Waals surface area (Å²) < 4.78 is 0. The molecule has 0 bridgehead atoms. The Kier molecular flexibility index (Phi) is 2.19. The highest BCUT2D eigenvalue weighted by molar-refractivity contribution is 5.97. The Balaban J connectivity index is 2.27. The number of fused-ring (bicyclic) bond motifs is 1. The lowest BCUT2D eigenvalue weighted by molar-refractivity contribution is -0.116. The molecule has 1 aromatic carbocycles.